The summed E-state index contributed by atoms with van der Waals surface area (Å²) in [5, 5.41) is 5.64. The average Bonchev–Trinajstić information content (AvgIpc) is 2.63. The Morgan fingerprint density at radius 1 is 1.08 bits per heavy atom. The van der Waals surface area contributed by atoms with Gasteiger partial charge in [-0.25, -0.2) is 0 Å². The van der Waals surface area contributed by atoms with Crippen molar-refractivity contribution in [2.75, 3.05) is 13.1 Å². The van der Waals surface area contributed by atoms with Gasteiger partial charge in [-0.05, 0) is 67.8 Å². The van der Waals surface area contributed by atoms with Crippen molar-refractivity contribution in [3.05, 3.63) is 36.2 Å². The Labute approximate surface area is 142 Å². The molecule has 0 radical (unpaired) electrons. The highest BCUT2D eigenvalue weighted by Gasteiger charge is 2.24. The van der Waals surface area contributed by atoms with Gasteiger partial charge in [0.1, 0.15) is 17.6 Å². The Bertz CT molecular complexity index is 737. The molecule has 0 amide bonds. The standard InChI is InChI=1S/C20H24N2O2/c23-15-3-1-2-14(12-15)17-4-5-20(19-13-22-11-8-18(17)19)24-16-6-9-21-10-7-16/h4-5,8,11,13-14,16,21H,1-3,6-7,9-10,12H2. The number of hydrogen-bond donors (Lipinski definition) is 1. The minimum absolute atomic E-state index is 0.275. The van der Waals surface area contributed by atoms with Gasteiger partial charge >= 0.3 is 0 Å². The third kappa shape index (κ3) is 3.16. The first-order chi connectivity index (χ1) is 11.8. The quantitative estimate of drug-likeness (QED) is 0.937. The molecule has 4 heteroatoms. The van der Waals surface area contributed by atoms with Gasteiger partial charge in [0, 0.05) is 30.6 Å². The number of nitrogens with zero attached hydrogens (tertiary/aromatic N) is 1. The first-order valence-electron chi connectivity index (χ1n) is 9.07. The SMILES string of the molecule is O=C1CCCC(c2ccc(OC3CCNCC3)c3cnccc23)C1. The van der Waals surface area contributed by atoms with Crippen molar-refractivity contribution in [3.63, 3.8) is 0 Å². The number of Topliss-reactive ketones (excluding diaryl/α,β-unsaturated/α-hetero) is 1. The van der Waals surface area contributed by atoms with E-state index in [2.05, 4.69) is 28.5 Å². The van der Waals surface area contributed by atoms with Crippen LogP contribution in [0.3, 0.4) is 0 Å². The van der Waals surface area contributed by atoms with Gasteiger partial charge in [-0.1, -0.05) is 6.07 Å². The number of fused-ring (bicyclic) bond motifs is 1. The van der Waals surface area contributed by atoms with E-state index in [1.807, 2.05) is 12.4 Å². The van der Waals surface area contributed by atoms with E-state index in [0.717, 1.165) is 56.3 Å². The van der Waals surface area contributed by atoms with E-state index in [0.29, 0.717) is 18.1 Å². The number of nitrogens with one attached hydrogen (secondary N) is 1. The molecule has 1 aromatic heterocycles. The van der Waals surface area contributed by atoms with E-state index in [-0.39, 0.29) is 6.10 Å². The summed E-state index contributed by atoms with van der Waals surface area (Å²) < 4.78 is 6.29. The lowest BCUT2D eigenvalue weighted by Gasteiger charge is -2.26. The van der Waals surface area contributed by atoms with Crippen LogP contribution in [0.15, 0.2) is 30.6 Å². The van der Waals surface area contributed by atoms with Crippen LogP contribution in [0.1, 0.15) is 50.0 Å². The van der Waals surface area contributed by atoms with Crippen molar-refractivity contribution in [2.45, 2.75) is 50.5 Å². The number of hydrogen-bond acceptors (Lipinski definition) is 4. The minimum atomic E-state index is 0.275. The Morgan fingerprint density at radius 2 is 1.96 bits per heavy atom. The lowest BCUT2D eigenvalue weighted by Crippen LogP contribution is -2.34. The molecule has 24 heavy (non-hydrogen) atoms. The van der Waals surface area contributed by atoms with Gasteiger partial charge in [0.15, 0.2) is 0 Å². The molecule has 1 aromatic carbocycles. The van der Waals surface area contributed by atoms with Gasteiger partial charge in [0.2, 0.25) is 0 Å². The number of carbonyl (C=O) groups is 1. The topological polar surface area (TPSA) is 51.2 Å². The molecule has 2 heterocycles. The number of benzene rings is 1. The monoisotopic (exact) mass is 324 g/mol. The molecular weight excluding hydrogens is 300 g/mol. The van der Waals surface area contributed by atoms with Gasteiger partial charge in [-0.2, -0.15) is 0 Å². The number of aromatic nitrogens is 1. The summed E-state index contributed by atoms with van der Waals surface area (Å²) in [6.07, 6.45) is 9.61. The molecule has 2 fully saturated rings. The highest BCUT2D eigenvalue weighted by molar-refractivity contribution is 5.91. The second-order valence-corrected chi connectivity index (χ2v) is 6.97. The highest BCUT2D eigenvalue weighted by Crippen LogP contribution is 2.38. The number of piperidine rings is 1. The number of ketones is 1. The van der Waals surface area contributed by atoms with Crippen LogP contribution in [0.5, 0.6) is 5.75 Å². The zero-order chi connectivity index (χ0) is 16.4. The van der Waals surface area contributed by atoms with Crippen molar-refractivity contribution in [3.8, 4) is 5.75 Å². The fourth-order valence-corrected chi connectivity index (χ4v) is 4.03. The lowest BCUT2D eigenvalue weighted by molar-refractivity contribution is -0.120. The summed E-state index contributed by atoms with van der Waals surface area (Å²) >= 11 is 0. The predicted molar refractivity (Wildman–Crippen MR) is 94.5 cm³/mol. The van der Waals surface area contributed by atoms with Crippen molar-refractivity contribution in [1.82, 2.24) is 10.3 Å². The molecule has 4 rings (SSSR count). The molecule has 1 aliphatic carbocycles. The Balaban J connectivity index is 1.67. The van der Waals surface area contributed by atoms with Gasteiger partial charge in [0.25, 0.3) is 0 Å². The van der Waals surface area contributed by atoms with E-state index in [1.165, 1.54) is 10.9 Å². The summed E-state index contributed by atoms with van der Waals surface area (Å²) in [5.74, 6) is 1.66. The molecule has 2 aromatic rings. The molecule has 2 aliphatic rings. The second-order valence-electron chi connectivity index (χ2n) is 6.97. The molecule has 1 saturated carbocycles. The van der Waals surface area contributed by atoms with Gasteiger partial charge in [-0.3, -0.25) is 9.78 Å². The molecule has 0 bridgehead atoms. The van der Waals surface area contributed by atoms with Crippen LogP contribution in [0.25, 0.3) is 10.8 Å². The number of carbonyl (C=O) groups excluding carboxylic acids is 1. The first kappa shape index (κ1) is 15.6. The molecule has 4 nitrogen and oxygen atoms in total. The molecule has 1 atom stereocenters. The molecular formula is C20H24N2O2. The Hall–Kier alpha value is -1.94. The summed E-state index contributed by atoms with van der Waals surface area (Å²) in [4.78, 5) is 16.2. The van der Waals surface area contributed by atoms with Gasteiger partial charge < -0.3 is 10.1 Å². The van der Waals surface area contributed by atoms with Crippen LogP contribution < -0.4 is 10.1 Å². The van der Waals surface area contributed by atoms with Crippen LogP contribution >= 0.6 is 0 Å². The fourth-order valence-electron chi connectivity index (χ4n) is 4.03. The molecule has 126 valence electrons. The fraction of sp³-hybridized carbons (Fsp3) is 0.500. The third-order valence-electron chi connectivity index (χ3n) is 5.31. The summed E-state index contributed by atoms with van der Waals surface area (Å²) in [7, 11) is 0. The van der Waals surface area contributed by atoms with Crippen LogP contribution in [-0.4, -0.2) is 30.0 Å². The van der Waals surface area contributed by atoms with Crippen molar-refractivity contribution < 1.29 is 9.53 Å². The van der Waals surface area contributed by atoms with Crippen LogP contribution in [-0.2, 0) is 4.79 Å². The average molecular weight is 324 g/mol. The van der Waals surface area contributed by atoms with E-state index in [9.17, 15) is 4.79 Å². The molecule has 0 spiro atoms. The highest BCUT2D eigenvalue weighted by atomic mass is 16.5. The van der Waals surface area contributed by atoms with Gasteiger partial charge in [0.05, 0.1) is 0 Å². The van der Waals surface area contributed by atoms with Crippen LogP contribution in [0.4, 0.5) is 0 Å². The van der Waals surface area contributed by atoms with E-state index < -0.39 is 0 Å². The smallest absolute Gasteiger partial charge is 0.133 e. The van der Waals surface area contributed by atoms with Crippen LogP contribution in [0, 0.1) is 0 Å². The zero-order valence-electron chi connectivity index (χ0n) is 14.0. The second kappa shape index (κ2) is 6.89. The molecule has 1 N–H and O–H groups in total. The van der Waals surface area contributed by atoms with Crippen LogP contribution in [0.2, 0.25) is 0 Å². The number of rotatable bonds is 3. The zero-order valence-corrected chi connectivity index (χ0v) is 14.0. The normalized spacial score (nSPS) is 22.7. The number of pyridine rings is 1. The minimum Gasteiger partial charge on any atom is -0.490 e. The number of ether oxygens (including phenoxy) is 1. The Morgan fingerprint density at radius 3 is 2.79 bits per heavy atom. The Kier molecular flexibility index (Phi) is 4.48. The summed E-state index contributed by atoms with van der Waals surface area (Å²) in [5.41, 5.74) is 1.28. The van der Waals surface area contributed by atoms with E-state index >= 15 is 0 Å². The maximum atomic E-state index is 11.9. The summed E-state index contributed by atoms with van der Waals surface area (Å²) in [6, 6.07) is 6.32. The van der Waals surface area contributed by atoms with Crippen molar-refractivity contribution >= 4 is 16.6 Å². The van der Waals surface area contributed by atoms with Crippen molar-refractivity contribution in [2.24, 2.45) is 0 Å². The first-order valence-corrected chi connectivity index (χ1v) is 9.07. The van der Waals surface area contributed by atoms with Crippen molar-refractivity contribution in [1.29, 1.82) is 0 Å². The molecule has 1 unspecified atom stereocenters. The lowest BCUT2D eigenvalue weighted by atomic mass is 9.81. The van der Waals surface area contributed by atoms with Gasteiger partial charge in [-0.15, -0.1) is 0 Å². The third-order valence-corrected chi connectivity index (χ3v) is 5.31. The summed E-state index contributed by atoms with van der Waals surface area (Å²) in [6.45, 7) is 2.03. The predicted octanol–water partition coefficient (Wildman–Crippen LogP) is 3.59. The van der Waals surface area contributed by atoms with E-state index in [1.54, 1.807) is 0 Å². The largest absolute Gasteiger partial charge is 0.490 e. The maximum Gasteiger partial charge on any atom is 0.133 e. The van der Waals surface area contributed by atoms with E-state index in [4.69, 9.17) is 4.74 Å². The molecule has 1 saturated heterocycles. The molecule has 1 aliphatic heterocycles. The maximum absolute atomic E-state index is 11.9.